The van der Waals surface area contributed by atoms with Crippen molar-refractivity contribution in [2.24, 2.45) is 5.73 Å². The van der Waals surface area contributed by atoms with Crippen LogP contribution in [-0.2, 0) is 4.79 Å². The monoisotopic (exact) mass is 345 g/mol. The second-order valence-electron chi connectivity index (χ2n) is 5.63. The van der Waals surface area contributed by atoms with Crippen LogP contribution < -0.4 is 15.8 Å². The Kier molecular flexibility index (Phi) is 6.63. The van der Waals surface area contributed by atoms with Crippen LogP contribution in [0.3, 0.4) is 0 Å². The Balaban J connectivity index is 2.09. The molecule has 0 bridgehead atoms. The number of nitrogens with zero attached hydrogens (tertiary/aromatic N) is 1. The number of anilines is 1. The molecule has 2 rings (SSSR count). The number of ether oxygens (including phenoxy) is 1. The molecule has 0 saturated heterocycles. The quantitative estimate of drug-likeness (QED) is 0.803. The van der Waals surface area contributed by atoms with Gasteiger partial charge >= 0.3 is 0 Å². The van der Waals surface area contributed by atoms with E-state index in [4.69, 9.17) is 10.5 Å². The fraction of sp³-hybridized carbons (Fsp3) is 0.333. The fourth-order valence-electron chi connectivity index (χ4n) is 2.08. The number of pyridine rings is 1. The van der Waals surface area contributed by atoms with Gasteiger partial charge in [-0.2, -0.15) is 11.8 Å². The number of nitrogens with two attached hydrogens (primary N) is 1. The molecule has 1 aromatic heterocycles. The van der Waals surface area contributed by atoms with Crippen LogP contribution in [0.2, 0.25) is 0 Å². The van der Waals surface area contributed by atoms with E-state index in [1.807, 2.05) is 44.4 Å². The topological polar surface area (TPSA) is 77.2 Å². The van der Waals surface area contributed by atoms with E-state index in [9.17, 15) is 4.79 Å². The summed E-state index contributed by atoms with van der Waals surface area (Å²) in [5.74, 6) is 1.85. The van der Waals surface area contributed by atoms with Gasteiger partial charge in [0.25, 0.3) is 0 Å². The van der Waals surface area contributed by atoms with E-state index in [1.165, 1.54) is 0 Å². The third-order valence-electron chi connectivity index (χ3n) is 3.53. The van der Waals surface area contributed by atoms with Crippen molar-refractivity contribution >= 4 is 23.4 Å². The van der Waals surface area contributed by atoms with Crippen LogP contribution in [0.4, 0.5) is 5.69 Å². The number of amides is 1. The zero-order chi connectivity index (χ0) is 17.5. The second-order valence-corrected chi connectivity index (χ2v) is 6.62. The minimum Gasteiger partial charge on any atom is -0.439 e. The maximum atomic E-state index is 12.1. The lowest BCUT2D eigenvalue weighted by molar-refractivity contribution is -0.117. The summed E-state index contributed by atoms with van der Waals surface area (Å²) in [5, 5.41) is 2.84. The molecule has 3 N–H and O–H groups in total. The van der Waals surface area contributed by atoms with E-state index in [-0.39, 0.29) is 5.91 Å². The van der Waals surface area contributed by atoms with Crippen molar-refractivity contribution in [2.45, 2.75) is 26.3 Å². The number of hydrogen-bond acceptors (Lipinski definition) is 5. The molecule has 5 nitrogen and oxygen atoms in total. The first-order chi connectivity index (χ1) is 11.5. The summed E-state index contributed by atoms with van der Waals surface area (Å²) < 4.78 is 5.84. The van der Waals surface area contributed by atoms with Crippen LogP contribution in [0.15, 0.2) is 36.5 Å². The molecule has 1 amide bonds. The molecule has 0 unspecified atom stereocenters. The molecule has 0 aliphatic carbocycles. The average Bonchev–Trinajstić information content (AvgIpc) is 2.55. The zero-order valence-corrected chi connectivity index (χ0v) is 15.0. The summed E-state index contributed by atoms with van der Waals surface area (Å²) in [4.78, 5) is 16.3. The van der Waals surface area contributed by atoms with Crippen LogP contribution in [0.5, 0.6) is 11.6 Å². The summed E-state index contributed by atoms with van der Waals surface area (Å²) in [5.41, 5.74) is 8.58. The van der Waals surface area contributed by atoms with Crippen molar-refractivity contribution in [1.82, 2.24) is 4.98 Å². The zero-order valence-electron chi connectivity index (χ0n) is 14.2. The highest BCUT2D eigenvalue weighted by atomic mass is 32.2. The number of benzene rings is 1. The predicted octanol–water partition coefficient (Wildman–Crippen LogP) is 3.51. The minimum atomic E-state index is -0.512. The summed E-state index contributed by atoms with van der Waals surface area (Å²) in [6.07, 6.45) is 4.35. The van der Waals surface area contributed by atoms with Crippen LogP contribution in [0, 0.1) is 13.8 Å². The summed E-state index contributed by atoms with van der Waals surface area (Å²) in [7, 11) is 0. The van der Waals surface area contributed by atoms with E-state index >= 15 is 0 Å². The smallest absolute Gasteiger partial charge is 0.241 e. The van der Waals surface area contributed by atoms with Gasteiger partial charge in [-0.1, -0.05) is 6.07 Å². The molecule has 0 fully saturated rings. The van der Waals surface area contributed by atoms with Crippen LogP contribution in [0.1, 0.15) is 17.5 Å². The summed E-state index contributed by atoms with van der Waals surface area (Å²) >= 11 is 1.67. The highest BCUT2D eigenvalue weighted by molar-refractivity contribution is 7.98. The molecule has 24 heavy (non-hydrogen) atoms. The van der Waals surface area contributed by atoms with Crippen molar-refractivity contribution in [1.29, 1.82) is 0 Å². The largest absolute Gasteiger partial charge is 0.439 e. The first kappa shape index (κ1) is 18.3. The van der Waals surface area contributed by atoms with Gasteiger partial charge in [-0.3, -0.25) is 4.79 Å². The van der Waals surface area contributed by atoms with Gasteiger partial charge in [0.1, 0.15) is 5.75 Å². The fourth-order valence-corrected chi connectivity index (χ4v) is 2.57. The predicted molar refractivity (Wildman–Crippen MR) is 99.8 cm³/mol. The van der Waals surface area contributed by atoms with E-state index in [0.717, 1.165) is 16.9 Å². The number of carbonyl (C=O) groups excluding carboxylic acids is 1. The van der Waals surface area contributed by atoms with E-state index in [2.05, 4.69) is 10.3 Å². The number of aromatic nitrogens is 1. The number of rotatable bonds is 7. The van der Waals surface area contributed by atoms with Crippen LogP contribution in [-0.4, -0.2) is 28.9 Å². The molecule has 128 valence electrons. The third-order valence-corrected chi connectivity index (χ3v) is 4.17. The van der Waals surface area contributed by atoms with Crippen molar-refractivity contribution in [3.05, 3.63) is 47.7 Å². The lowest BCUT2D eigenvalue weighted by Crippen LogP contribution is -2.36. The molecule has 1 heterocycles. The van der Waals surface area contributed by atoms with E-state index in [0.29, 0.717) is 23.7 Å². The highest BCUT2D eigenvalue weighted by Crippen LogP contribution is 2.27. The molecular formula is C18H23N3O2S. The standard InChI is InChI=1S/C18H23N3O2S/c1-12-6-8-20-17(10-12)23-16-11-14(5-4-13(16)2)21-18(22)15(19)7-9-24-3/h4-6,8,10-11,15H,7,9,19H2,1-3H3,(H,21,22)/t15-/m0/s1. The van der Waals surface area contributed by atoms with Gasteiger partial charge in [-0.25, -0.2) is 4.98 Å². The molecule has 1 atom stereocenters. The third kappa shape index (κ3) is 5.25. The van der Waals surface area contributed by atoms with E-state index < -0.39 is 6.04 Å². The molecular weight excluding hydrogens is 322 g/mol. The number of thioether (sulfide) groups is 1. The normalized spacial score (nSPS) is 11.8. The van der Waals surface area contributed by atoms with Crippen LogP contribution in [0.25, 0.3) is 0 Å². The number of carbonyl (C=O) groups is 1. The van der Waals surface area contributed by atoms with Gasteiger partial charge in [0.2, 0.25) is 11.8 Å². The molecule has 2 aromatic rings. The minimum absolute atomic E-state index is 0.187. The summed E-state index contributed by atoms with van der Waals surface area (Å²) in [6.45, 7) is 3.93. The number of aryl methyl sites for hydroxylation is 2. The molecule has 0 saturated carbocycles. The molecule has 0 aliphatic rings. The van der Waals surface area contributed by atoms with Gasteiger partial charge in [0.05, 0.1) is 6.04 Å². The molecule has 6 heteroatoms. The first-order valence-electron chi connectivity index (χ1n) is 7.76. The highest BCUT2D eigenvalue weighted by Gasteiger charge is 2.14. The maximum absolute atomic E-state index is 12.1. The number of nitrogens with one attached hydrogen (secondary N) is 1. The Bertz CT molecular complexity index is 706. The maximum Gasteiger partial charge on any atom is 0.241 e. The van der Waals surface area contributed by atoms with Crippen LogP contribution >= 0.6 is 11.8 Å². The van der Waals surface area contributed by atoms with Crippen molar-refractivity contribution in [3.63, 3.8) is 0 Å². The Hall–Kier alpha value is -2.05. The Morgan fingerprint density at radius 1 is 1.33 bits per heavy atom. The molecule has 0 radical (unpaired) electrons. The molecule has 1 aromatic carbocycles. The van der Waals surface area contributed by atoms with Gasteiger partial charge < -0.3 is 15.8 Å². The lowest BCUT2D eigenvalue weighted by atomic mass is 10.2. The van der Waals surface area contributed by atoms with Crippen molar-refractivity contribution in [2.75, 3.05) is 17.3 Å². The Morgan fingerprint density at radius 3 is 2.83 bits per heavy atom. The van der Waals surface area contributed by atoms with Gasteiger partial charge in [-0.15, -0.1) is 0 Å². The first-order valence-corrected chi connectivity index (χ1v) is 9.15. The van der Waals surface area contributed by atoms with Gasteiger partial charge in [0, 0.05) is 24.0 Å². The SMILES string of the molecule is CSCC[C@H](N)C(=O)Nc1ccc(C)c(Oc2cc(C)ccn2)c1. The molecule has 0 spiro atoms. The molecule has 0 aliphatic heterocycles. The second kappa shape index (κ2) is 8.70. The average molecular weight is 345 g/mol. The Labute approximate surface area is 147 Å². The number of hydrogen-bond donors (Lipinski definition) is 2. The van der Waals surface area contributed by atoms with Crippen molar-refractivity contribution in [3.8, 4) is 11.6 Å². The van der Waals surface area contributed by atoms with Gasteiger partial charge in [-0.05, 0) is 55.5 Å². The summed E-state index contributed by atoms with van der Waals surface area (Å²) in [6, 6.07) is 8.79. The van der Waals surface area contributed by atoms with Gasteiger partial charge in [0.15, 0.2) is 0 Å². The van der Waals surface area contributed by atoms with E-state index in [1.54, 1.807) is 24.0 Å². The Morgan fingerprint density at radius 2 is 2.12 bits per heavy atom. The van der Waals surface area contributed by atoms with Crippen molar-refractivity contribution < 1.29 is 9.53 Å². The lowest BCUT2D eigenvalue weighted by Gasteiger charge is -2.14.